The van der Waals surface area contributed by atoms with Crippen LogP contribution in [0.15, 0.2) is 37.8 Å². The Morgan fingerprint density at radius 3 is 2.38 bits per heavy atom. The van der Waals surface area contributed by atoms with Crippen LogP contribution in [0.5, 0.6) is 0 Å². The van der Waals surface area contributed by atoms with Crippen LogP contribution in [0.3, 0.4) is 0 Å². The summed E-state index contributed by atoms with van der Waals surface area (Å²) in [5, 5.41) is 1.11. The normalized spacial score (nSPS) is 10.7. The van der Waals surface area contributed by atoms with Crippen LogP contribution >= 0.6 is 47.8 Å². The first-order chi connectivity index (χ1) is 6.16. The van der Waals surface area contributed by atoms with E-state index in [9.17, 15) is 0 Å². The van der Waals surface area contributed by atoms with Crippen molar-refractivity contribution in [1.29, 1.82) is 0 Å². The van der Waals surface area contributed by atoms with Crippen molar-refractivity contribution in [3.63, 3.8) is 0 Å². The Morgan fingerprint density at radius 2 is 1.62 bits per heavy atom. The zero-order valence-corrected chi connectivity index (χ0v) is 11.1. The highest BCUT2D eigenvalue weighted by atomic mass is 79.9. The van der Waals surface area contributed by atoms with Gasteiger partial charge in [-0.1, -0.05) is 15.9 Å². The third kappa shape index (κ3) is 1.95. The Hall–Kier alpha value is 0.0700. The fraction of sp³-hybridized carbons (Fsp3) is 0. The number of aromatic nitrogens is 1. The van der Waals surface area contributed by atoms with Gasteiger partial charge in [-0.3, -0.25) is 4.98 Å². The molecule has 0 fully saturated rings. The molecule has 13 heavy (non-hydrogen) atoms. The van der Waals surface area contributed by atoms with Crippen LogP contribution in [-0.4, -0.2) is 4.98 Å². The summed E-state index contributed by atoms with van der Waals surface area (Å²) in [5.41, 5.74) is 0.978. The number of nitrogens with zero attached hydrogens (tertiary/aromatic N) is 1. The van der Waals surface area contributed by atoms with E-state index in [2.05, 4.69) is 52.8 Å². The van der Waals surface area contributed by atoms with E-state index in [-0.39, 0.29) is 0 Å². The number of hydrogen-bond donors (Lipinski definition) is 0. The van der Waals surface area contributed by atoms with E-state index in [0.29, 0.717) is 0 Å². The van der Waals surface area contributed by atoms with Gasteiger partial charge in [0.2, 0.25) is 0 Å². The predicted octanol–water partition coefficient (Wildman–Crippen LogP) is 4.52. The Morgan fingerprint density at radius 1 is 0.923 bits per heavy atom. The van der Waals surface area contributed by atoms with Crippen LogP contribution in [0.4, 0.5) is 0 Å². The maximum absolute atomic E-state index is 4.31. The van der Waals surface area contributed by atoms with Crippen molar-refractivity contribution in [2.24, 2.45) is 0 Å². The topological polar surface area (TPSA) is 12.9 Å². The highest BCUT2D eigenvalue weighted by Gasteiger charge is 2.02. The molecular formula is C9H4Br3N. The van der Waals surface area contributed by atoms with Crippen LogP contribution in [0, 0.1) is 0 Å². The molecular weight excluding hydrogens is 362 g/mol. The lowest BCUT2D eigenvalue weighted by molar-refractivity contribution is 1.38. The SMILES string of the molecule is Brc1cnc2c(Br)cc(Br)cc2c1. The lowest BCUT2D eigenvalue weighted by Crippen LogP contribution is -1.80. The number of pyridine rings is 1. The molecule has 4 heteroatoms. The number of fused-ring (bicyclic) bond motifs is 1. The van der Waals surface area contributed by atoms with E-state index in [1.807, 2.05) is 18.2 Å². The summed E-state index contributed by atoms with van der Waals surface area (Å²) < 4.78 is 3.04. The van der Waals surface area contributed by atoms with Crippen molar-refractivity contribution < 1.29 is 0 Å². The first-order valence-corrected chi connectivity index (χ1v) is 5.95. The second-order valence-corrected chi connectivity index (χ2v) is 5.30. The van der Waals surface area contributed by atoms with Crippen LogP contribution in [0.1, 0.15) is 0 Å². The molecule has 0 bridgehead atoms. The maximum atomic E-state index is 4.31. The van der Waals surface area contributed by atoms with Gasteiger partial charge in [-0.05, 0) is 50.1 Å². The summed E-state index contributed by atoms with van der Waals surface area (Å²) in [6.07, 6.45) is 1.79. The molecule has 0 aliphatic heterocycles. The summed E-state index contributed by atoms with van der Waals surface area (Å²) in [5.74, 6) is 0. The second kappa shape index (κ2) is 3.67. The Labute approximate surface area is 101 Å². The number of benzene rings is 1. The predicted molar refractivity (Wildman–Crippen MR) is 64.8 cm³/mol. The molecule has 0 saturated carbocycles. The molecule has 0 saturated heterocycles. The molecule has 1 heterocycles. The summed E-state index contributed by atoms with van der Waals surface area (Å²) in [4.78, 5) is 4.31. The largest absolute Gasteiger partial charge is 0.254 e. The van der Waals surface area contributed by atoms with Gasteiger partial charge in [0.25, 0.3) is 0 Å². The molecule has 2 rings (SSSR count). The Kier molecular flexibility index (Phi) is 2.72. The molecule has 1 aromatic carbocycles. The molecule has 0 radical (unpaired) electrons. The molecule has 2 aromatic rings. The van der Waals surface area contributed by atoms with E-state index in [1.165, 1.54) is 0 Å². The minimum atomic E-state index is 0.978. The van der Waals surface area contributed by atoms with E-state index in [1.54, 1.807) is 6.20 Å². The molecule has 1 aromatic heterocycles. The number of halogens is 3. The first-order valence-electron chi connectivity index (χ1n) is 3.57. The fourth-order valence-electron chi connectivity index (χ4n) is 1.14. The molecule has 0 aliphatic carbocycles. The molecule has 0 N–H and O–H groups in total. The van der Waals surface area contributed by atoms with Gasteiger partial charge < -0.3 is 0 Å². The molecule has 0 unspecified atom stereocenters. The average molecular weight is 366 g/mol. The first kappa shape index (κ1) is 9.62. The molecule has 0 spiro atoms. The average Bonchev–Trinajstić information content (AvgIpc) is 2.02. The van der Waals surface area contributed by atoms with Crippen LogP contribution in [0.25, 0.3) is 10.9 Å². The lowest BCUT2D eigenvalue weighted by atomic mass is 10.2. The van der Waals surface area contributed by atoms with Gasteiger partial charge in [-0.25, -0.2) is 0 Å². The zero-order valence-electron chi connectivity index (χ0n) is 6.39. The second-order valence-electron chi connectivity index (χ2n) is 2.61. The smallest absolute Gasteiger partial charge is 0.0845 e. The van der Waals surface area contributed by atoms with E-state index in [4.69, 9.17) is 0 Å². The van der Waals surface area contributed by atoms with Gasteiger partial charge in [0.1, 0.15) is 0 Å². The third-order valence-corrected chi connectivity index (χ3v) is 3.16. The summed E-state index contributed by atoms with van der Waals surface area (Å²) in [6.45, 7) is 0. The fourth-order valence-corrected chi connectivity index (χ4v) is 2.85. The minimum Gasteiger partial charge on any atom is -0.254 e. The van der Waals surface area contributed by atoms with Gasteiger partial charge in [-0.2, -0.15) is 0 Å². The van der Waals surface area contributed by atoms with Gasteiger partial charge in [0.15, 0.2) is 0 Å². The van der Waals surface area contributed by atoms with Crippen LogP contribution in [-0.2, 0) is 0 Å². The van der Waals surface area contributed by atoms with Crippen LogP contribution < -0.4 is 0 Å². The molecule has 1 nitrogen and oxygen atoms in total. The Balaban J connectivity index is 2.86. The summed E-state index contributed by atoms with van der Waals surface area (Å²) in [7, 11) is 0. The molecule has 0 amide bonds. The number of rotatable bonds is 0. The number of hydrogen-bond acceptors (Lipinski definition) is 1. The minimum absolute atomic E-state index is 0.978. The van der Waals surface area contributed by atoms with Crippen molar-refractivity contribution >= 4 is 58.7 Å². The van der Waals surface area contributed by atoms with Crippen molar-refractivity contribution in [1.82, 2.24) is 4.98 Å². The monoisotopic (exact) mass is 363 g/mol. The van der Waals surface area contributed by atoms with E-state index < -0.39 is 0 Å². The maximum Gasteiger partial charge on any atom is 0.0845 e. The zero-order chi connectivity index (χ0) is 9.42. The van der Waals surface area contributed by atoms with Crippen molar-refractivity contribution in [2.45, 2.75) is 0 Å². The van der Waals surface area contributed by atoms with E-state index in [0.717, 1.165) is 24.3 Å². The van der Waals surface area contributed by atoms with Gasteiger partial charge in [-0.15, -0.1) is 0 Å². The summed E-state index contributed by atoms with van der Waals surface area (Å²) >= 11 is 10.3. The molecule has 0 atom stereocenters. The summed E-state index contributed by atoms with van der Waals surface area (Å²) in [6, 6.07) is 6.07. The van der Waals surface area contributed by atoms with Gasteiger partial charge in [0, 0.05) is 25.0 Å². The van der Waals surface area contributed by atoms with Crippen molar-refractivity contribution in [2.75, 3.05) is 0 Å². The quantitative estimate of drug-likeness (QED) is 0.668. The highest BCUT2D eigenvalue weighted by Crippen LogP contribution is 2.28. The Bertz CT molecular complexity index is 462. The molecule has 66 valence electrons. The standard InChI is InChI=1S/C9H4Br3N/c10-6-1-5-2-7(11)4-13-9(5)8(12)3-6/h1-4H. The van der Waals surface area contributed by atoms with Crippen LogP contribution in [0.2, 0.25) is 0 Å². The molecule has 0 aliphatic rings. The van der Waals surface area contributed by atoms with E-state index >= 15 is 0 Å². The van der Waals surface area contributed by atoms with Gasteiger partial charge in [0.05, 0.1) is 5.52 Å². The lowest BCUT2D eigenvalue weighted by Gasteiger charge is -2.01. The van der Waals surface area contributed by atoms with Crippen molar-refractivity contribution in [3.05, 3.63) is 37.8 Å². The van der Waals surface area contributed by atoms with Crippen molar-refractivity contribution in [3.8, 4) is 0 Å². The third-order valence-electron chi connectivity index (χ3n) is 1.67. The highest BCUT2D eigenvalue weighted by molar-refractivity contribution is 9.11. The van der Waals surface area contributed by atoms with Gasteiger partial charge >= 0.3 is 0 Å².